The predicted octanol–water partition coefficient (Wildman–Crippen LogP) is 2.74. The smallest absolute Gasteiger partial charge is 0 e. The van der Waals surface area contributed by atoms with Crippen molar-refractivity contribution in [3.05, 3.63) is 0 Å². The van der Waals surface area contributed by atoms with Crippen LogP contribution < -0.4 is 0 Å². The maximum atomic E-state index is 5.72. The molecule has 0 heterocycles. The first-order valence-electron chi connectivity index (χ1n) is 5.69. The second kappa shape index (κ2) is 28.8. The van der Waals surface area contributed by atoms with E-state index in [1.807, 2.05) is 30.8 Å². The third-order valence-electron chi connectivity index (χ3n) is 0. The summed E-state index contributed by atoms with van der Waals surface area (Å²) < 4.78 is 0. The Kier molecular flexibility index (Phi) is 63.9. The standard InChI is InChI=1S/C3H9ClGe.2C3H9Ge.2Li.H2Te.Te/c1-5(2,3)4;2*1-4(2)3;;;;/h1-3H3;2*1-3H3;;;1H2;. The summed E-state index contributed by atoms with van der Waals surface area (Å²) in [6, 6.07) is 0. The summed E-state index contributed by atoms with van der Waals surface area (Å²) in [5.41, 5.74) is 0. The first-order chi connectivity index (χ1) is 6.46. The summed E-state index contributed by atoms with van der Waals surface area (Å²) in [4.78, 5) is 0. The molecule has 0 aliphatic heterocycles. The van der Waals surface area contributed by atoms with Crippen LogP contribution in [0.4, 0.5) is 0 Å². The van der Waals surface area contributed by atoms with Gasteiger partial charge in [-0.2, -0.15) is 0 Å². The van der Waals surface area contributed by atoms with Crippen LogP contribution in [0.1, 0.15) is 0 Å². The molecule has 0 saturated heterocycles. The summed E-state index contributed by atoms with van der Waals surface area (Å²) in [5, 5.41) is 0. The van der Waals surface area contributed by atoms with Crippen LogP contribution in [-0.4, -0.2) is 119 Å². The Bertz CT molecular complexity index is 87.2. The topological polar surface area (TPSA) is 0 Å². The first kappa shape index (κ1) is 37.7. The Labute approximate surface area is 177 Å². The molecule has 17 heavy (non-hydrogen) atoms. The van der Waals surface area contributed by atoms with Crippen LogP contribution in [0.3, 0.4) is 0 Å². The molecule has 0 unspecified atom stereocenters. The van der Waals surface area contributed by atoms with E-state index >= 15 is 0 Å². The molecule has 0 aromatic carbocycles. The van der Waals surface area contributed by atoms with E-state index in [9.17, 15) is 0 Å². The molecule has 0 atom stereocenters. The van der Waals surface area contributed by atoms with Gasteiger partial charge in [0, 0.05) is 23.7 Å². The Morgan fingerprint density at radius 3 is 0.765 bits per heavy atom. The van der Waals surface area contributed by atoms with Crippen molar-refractivity contribution in [1.29, 1.82) is 0 Å². The van der Waals surface area contributed by atoms with Gasteiger partial charge in [0.05, 0.1) is 0 Å². The van der Waals surface area contributed by atoms with Crippen LogP contribution >= 0.6 is 10.0 Å². The van der Waals surface area contributed by atoms with Crippen molar-refractivity contribution in [2.24, 2.45) is 0 Å². The van der Waals surface area contributed by atoms with Crippen molar-refractivity contribution in [3.63, 3.8) is 0 Å². The van der Waals surface area contributed by atoms with Gasteiger partial charge in [0.2, 0.25) is 0 Å². The Balaban J connectivity index is -0.0000000237. The van der Waals surface area contributed by atoms with E-state index in [-0.39, 0.29) is 76.0 Å². The van der Waals surface area contributed by atoms with Gasteiger partial charge in [-0.15, -0.1) is 0 Å². The molecule has 0 aromatic heterocycles. The summed E-state index contributed by atoms with van der Waals surface area (Å²) in [5.74, 6) is 20.4. The fourth-order valence-electron chi connectivity index (χ4n) is 0. The van der Waals surface area contributed by atoms with E-state index in [1.54, 1.807) is 0 Å². The normalized spacial score (nSPS) is 8.24. The van der Waals surface area contributed by atoms with Crippen LogP contribution in [0.2, 0.25) is 51.8 Å². The molecule has 0 rings (SSSR count). The SMILES string of the molecule is [CH3][Ge]([CH3])([CH3])[Cl].[CH3][Ge]([CH3])[CH3].[CH3][Ge]([CH3])[CH3].[Li][Li].[TeH2].[Te]. The Hall–Kier alpha value is 4.69. The van der Waals surface area contributed by atoms with Crippen molar-refractivity contribution < 1.29 is 0 Å². The molecular weight excluding hydrogens is 630 g/mol. The minimum atomic E-state index is -1.53. The average Bonchev–Trinajstić information content (AvgIpc) is 1.83. The van der Waals surface area contributed by atoms with Gasteiger partial charge in [0.15, 0.2) is 0 Å². The number of halogens is 1. The van der Waals surface area contributed by atoms with Crippen molar-refractivity contribution >= 4 is 129 Å². The molecule has 4 radical (unpaired) electrons. The predicted molar refractivity (Wildman–Crippen MR) is 102 cm³/mol. The van der Waals surface area contributed by atoms with Gasteiger partial charge in [0.1, 0.15) is 0 Å². The molecule has 8 heteroatoms. The Morgan fingerprint density at radius 1 is 0.765 bits per heavy atom. The van der Waals surface area contributed by atoms with E-state index in [2.05, 4.69) is 51.8 Å². The average molecular weight is 660 g/mol. The zero-order valence-corrected chi connectivity index (χ0v) is 26.0. The molecule has 0 bridgehead atoms. The molecule has 0 fully saturated rings. The molecule has 0 N–H and O–H groups in total. The van der Waals surface area contributed by atoms with Crippen LogP contribution in [0.15, 0.2) is 0 Å². The van der Waals surface area contributed by atoms with E-state index in [0.717, 1.165) is 0 Å². The number of hydrogen-bond donors (Lipinski definition) is 0. The fraction of sp³-hybridized carbons (Fsp3) is 1.00. The largest absolute Gasteiger partial charge is 0 e. The zero-order chi connectivity index (χ0) is 13.7. The van der Waals surface area contributed by atoms with Gasteiger partial charge < -0.3 is 0 Å². The van der Waals surface area contributed by atoms with Crippen LogP contribution in [0, 0.1) is 0 Å². The summed E-state index contributed by atoms with van der Waals surface area (Å²) in [6.07, 6.45) is 0. The van der Waals surface area contributed by atoms with Crippen LogP contribution in [-0.2, 0) is 0 Å². The Morgan fingerprint density at radius 2 is 0.765 bits per heavy atom. The summed E-state index contributed by atoms with van der Waals surface area (Å²) in [6.45, 7) is 0. The second-order valence-corrected chi connectivity index (χ2v) is 32.2. The van der Waals surface area contributed by atoms with Crippen molar-refractivity contribution in [1.82, 2.24) is 0 Å². The van der Waals surface area contributed by atoms with E-state index in [1.165, 1.54) is 0 Å². The third kappa shape index (κ3) is 328. The maximum Gasteiger partial charge on any atom is 0 e. The van der Waals surface area contributed by atoms with Crippen LogP contribution in [0.5, 0.6) is 0 Å². The molecule has 98 valence electrons. The molecular formula is C9H29ClGe3Li2Te2. The van der Waals surface area contributed by atoms with Gasteiger partial charge in [-0.1, -0.05) is 0 Å². The van der Waals surface area contributed by atoms with Gasteiger partial charge in [-0.25, -0.2) is 0 Å². The number of rotatable bonds is 0. The molecule has 0 nitrogen and oxygen atoms in total. The van der Waals surface area contributed by atoms with Crippen molar-refractivity contribution in [3.8, 4) is 0 Å². The molecule has 0 aromatic rings. The molecule has 0 aliphatic rings. The van der Waals surface area contributed by atoms with Gasteiger partial charge in [0.25, 0.3) is 0 Å². The first-order valence-corrected chi connectivity index (χ1v) is 27.3. The van der Waals surface area contributed by atoms with Gasteiger partial charge in [-0.05, 0) is 0 Å². The number of hydrogen-bond acceptors (Lipinski definition) is 0. The molecule has 0 aliphatic carbocycles. The quantitative estimate of drug-likeness (QED) is 0.352. The maximum absolute atomic E-state index is 5.72. The van der Waals surface area contributed by atoms with Crippen LogP contribution in [0.25, 0.3) is 0 Å². The second-order valence-electron chi connectivity index (χ2n) is 5.07. The minimum Gasteiger partial charge on any atom is 0 e. The minimum absolute atomic E-state index is 0. The van der Waals surface area contributed by atoms with E-state index < -0.39 is 12.3 Å². The fourth-order valence-corrected chi connectivity index (χ4v) is 0. The van der Waals surface area contributed by atoms with Crippen molar-refractivity contribution in [2.75, 3.05) is 0 Å². The monoisotopic (exact) mass is 668 g/mol. The molecule has 0 spiro atoms. The van der Waals surface area contributed by atoms with E-state index in [4.69, 9.17) is 10.0 Å². The molecule has 0 amide bonds. The van der Waals surface area contributed by atoms with Gasteiger partial charge >= 0.3 is 157 Å². The summed E-state index contributed by atoms with van der Waals surface area (Å²) in [7, 11) is 5.72. The van der Waals surface area contributed by atoms with Crippen molar-refractivity contribution in [2.45, 2.75) is 51.8 Å². The molecule has 0 saturated carbocycles. The van der Waals surface area contributed by atoms with E-state index in [0.29, 0.717) is 0 Å². The third-order valence-corrected chi connectivity index (χ3v) is 0. The zero-order valence-electron chi connectivity index (χ0n) is 13.8. The summed E-state index contributed by atoms with van der Waals surface area (Å²) >= 11 is 1.81. The van der Waals surface area contributed by atoms with Gasteiger partial charge in [-0.3, -0.25) is 0 Å².